The van der Waals surface area contributed by atoms with E-state index in [0.717, 1.165) is 50.3 Å². The summed E-state index contributed by atoms with van der Waals surface area (Å²) in [5.41, 5.74) is 2.46. The van der Waals surface area contributed by atoms with Gasteiger partial charge in [-0.3, -0.25) is 19.3 Å². The highest BCUT2D eigenvalue weighted by atomic mass is 19.1. The molecule has 0 bridgehead atoms. The number of aromatic nitrogens is 2. The highest BCUT2D eigenvalue weighted by Gasteiger charge is 2.17. The van der Waals surface area contributed by atoms with Gasteiger partial charge < -0.3 is 14.8 Å². The Bertz CT molecular complexity index is 1140. The number of nitrogens with one attached hydrogen (secondary N) is 1. The molecule has 0 unspecified atom stereocenters. The fraction of sp³-hybridized carbons (Fsp3) is 0.320. The minimum absolute atomic E-state index is 0.246. The Kier molecular flexibility index (Phi) is 7.66. The van der Waals surface area contributed by atoms with Gasteiger partial charge in [-0.2, -0.15) is 5.10 Å². The van der Waals surface area contributed by atoms with Crippen LogP contribution >= 0.6 is 0 Å². The van der Waals surface area contributed by atoms with Crippen LogP contribution in [0.15, 0.2) is 54.7 Å². The molecule has 0 atom stereocenters. The standard InChI is InChI=1S/C25H28FN5O3/c1-29-23(7-8-27-29)22-18-21(28-25(33)19-3-2-4-20(26)17-19)5-6-24(22)34-16-14-31-11-9-30(10-12-31)13-15-32/h2-8,15,17-18H,9-14,16H2,1H3,(H,28,33). The molecule has 178 valence electrons. The lowest BCUT2D eigenvalue weighted by Gasteiger charge is -2.33. The van der Waals surface area contributed by atoms with Crippen molar-refractivity contribution in [2.75, 3.05) is 51.2 Å². The molecule has 0 aliphatic carbocycles. The molecule has 1 amide bonds. The van der Waals surface area contributed by atoms with Crippen molar-refractivity contribution in [2.24, 2.45) is 7.05 Å². The summed E-state index contributed by atoms with van der Waals surface area (Å²) in [7, 11) is 1.84. The van der Waals surface area contributed by atoms with E-state index >= 15 is 0 Å². The van der Waals surface area contributed by atoms with Gasteiger partial charge in [0.25, 0.3) is 5.91 Å². The van der Waals surface area contributed by atoms with Gasteiger partial charge >= 0.3 is 0 Å². The number of nitrogens with zero attached hydrogens (tertiary/aromatic N) is 4. The zero-order chi connectivity index (χ0) is 23.9. The topological polar surface area (TPSA) is 79.7 Å². The van der Waals surface area contributed by atoms with Gasteiger partial charge in [0.2, 0.25) is 0 Å². The van der Waals surface area contributed by atoms with Crippen molar-refractivity contribution >= 4 is 17.9 Å². The summed E-state index contributed by atoms with van der Waals surface area (Å²) >= 11 is 0. The van der Waals surface area contributed by atoms with Gasteiger partial charge in [0, 0.05) is 62.8 Å². The van der Waals surface area contributed by atoms with Crippen molar-refractivity contribution in [2.45, 2.75) is 0 Å². The van der Waals surface area contributed by atoms with E-state index in [4.69, 9.17) is 4.74 Å². The number of ether oxygens (including phenoxy) is 1. The fourth-order valence-corrected chi connectivity index (χ4v) is 3.99. The van der Waals surface area contributed by atoms with Crippen LogP contribution in [0.5, 0.6) is 5.75 Å². The van der Waals surface area contributed by atoms with E-state index in [1.54, 1.807) is 23.0 Å². The molecule has 8 nitrogen and oxygen atoms in total. The first-order valence-electron chi connectivity index (χ1n) is 11.2. The maximum absolute atomic E-state index is 13.5. The number of benzene rings is 2. The molecule has 2 aromatic carbocycles. The van der Waals surface area contributed by atoms with Gasteiger partial charge in [0.15, 0.2) is 0 Å². The molecule has 1 saturated heterocycles. The average Bonchev–Trinajstić information content (AvgIpc) is 3.27. The number of rotatable bonds is 9. The molecule has 0 spiro atoms. The molecule has 1 N–H and O–H groups in total. The predicted molar refractivity (Wildman–Crippen MR) is 127 cm³/mol. The van der Waals surface area contributed by atoms with E-state index in [2.05, 4.69) is 20.2 Å². The van der Waals surface area contributed by atoms with Gasteiger partial charge in [0.05, 0.1) is 12.2 Å². The molecule has 3 aromatic rings. The Balaban J connectivity index is 1.44. The number of halogens is 1. The molecule has 0 saturated carbocycles. The molecule has 1 aromatic heterocycles. The number of anilines is 1. The number of carbonyl (C=O) groups is 2. The van der Waals surface area contributed by atoms with Crippen LogP contribution in [0.1, 0.15) is 10.4 Å². The first-order valence-corrected chi connectivity index (χ1v) is 11.2. The summed E-state index contributed by atoms with van der Waals surface area (Å²) in [6, 6.07) is 12.9. The second kappa shape index (κ2) is 11.0. The number of aldehydes is 1. The van der Waals surface area contributed by atoms with Gasteiger partial charge in [-0.25, -0.2) is 4.39 Å². The maximum Gasteiger partial charge on any atom is 0.255 e. The smallest absolute Gasteiger partial charge is 0.255 e. The van der Waals surface area contributed by atoms with E-state index in [9.17, 15) is 14.0 Å². The largest absolute Gasteiger partial charge is 0.492 e. The summed E-state index contributed by atoms with van der Waals surface area (Å²) < 4.78 is 21.4. The number of hydrogen-bond donors (Lipinski definition) is 1. The van der Waals surface area contributed by atoms with E-state index in [-0.39, 0.29) is 5.56 Å². The molecule has 1 aliphatic rings. The normalized spacial score (nSPS) is 14.6. The summed E-state index contributed by atoms with van der Waals surface area (Å²) in [6.45, 7) is 5.32. The van der Waals surface area contributed by atoms with Crippen molar-refractivity contribution < 1.29 is 18.7 Å². The van der Waals surface area contributed by atoms with Gasteiger partial charge in [0.1, 0.15) is 24.5 Å². The third-order valence-corrected chi connectivity index (χ3v) is 5.88. The Morgan fingerprint density at radius 2 is 1.91 bits per heavy atom. The first kappa shape index (κ1) is 23.6. The van der Waals surface area contributed by atoms with Gasteiger partial charge in [-0.05, 0) is 42.5 Å². The van der Waals surface area contributed by atoms with Crippen LogP contribution in [-0.2, 0) is 11.8 Å². The number of carbonyl (C=O) groups excluding carboxylic acids is 2. The summed E-state index contributed by atoms with van der Waals surface area (Å²) in [4.78, 5) is 27.7. The Morgan fingerprint density at radius 3 is 2.62 bits per heavy atom. The quantitative estimate of drug-likeness (QED) is 0.490. The molecule has 0 radical (unpaired) electrons. The minimum atomic E-state index is -0.461. The predicted octanol–water partition coefficient (Wildman–Crippen LogP) is 2.67. The molecule has 9 heteroatoms. The van der Waals surface area contributed by atoms with E-state index in [1.807, 2.05) is 25.2 Å². The van der Waals surface area contributed by atoms with Crippen LogP contribution in [0.4, 0.5) is 10.1 Å². The SMILES string of the molecule is Cn1nccc1-c1cc(NC(=O)c2cccc(F)c2)ccc1OCCN1CCN(CC=O)CC1. The summed E-state index contributed by atoms with van der Waals surface area (Å²) in [5, 5.41) is 7.08. The zero-order valence-corrected chi connectivity index (χ0v) is 19.1. The molecular weight excluding hydrogens is 437 g/mol. The van der Waals surface area contributed by atoms with Crippen molar-refractivity contribution in [3.8, 4) is 17.0 Å². The molecule has 4 rings (SSSR count). The first-order chi connectivity index (χ1) is 16.5. The van der Waals surface area contributed by atoms with Crippen LogP contribution in [0.25, 0.3) is 11.3 Å². The highest BCUT2D eigenvalue weighted by molar-refractivity contribution is 6.04. The highest BCUT2D eigenvalue weighted by Crippen LogP contribution is 2.32. The molecule has 1 aliphatic heterocycles. The monoisotopic (exact) mass is 465 g/mol. The zero-order valence-electron chi connectivity index (χ0n) is 19.1. The lowest BCUT2D eigenvalue weighted by Crippen LogP contribution is -2.47. The van der Waals surface area contributed by atoms with Crippen molar-refractivity contribution in [1.82, 2.24) is 19.6 Å². The third kappa shape index (κ3) is 5.86. The van der Waals surface area contributed by atoms with Crippen LogP contribution < -0.4 is 10.1 Å². The molecule has 2 heterocycles. The number of amides is 1. The van der Waals surface area contributed by atoms with Crippen LogP contribution in [0.2, 0.25) is 0 Å². The lowest BCUT2D eigenvalue weighted by molar-refractivity contribution is -0.109. The fourth-order valence-electron chi connectivity index (χ4n) is 3.99. The summed E-state index contributed by atoms with van der Waals surface area (Å²) in [6.07, 6.45) is 2.65. The van der Waals surface area contributed by atoms with Crippen molar-refractivity contribution in [3.63, 3.8) is 0 Å². The average molecular weight is 466 g/mol. The maximum atomic E-state index is 13.5. The number of piperazine rings is 1. The van der Waals surface area contributed by atoms with E-state index < -0.39 is 11.7 Å². The van der Waals surface area contributed by atoms with Crippen molar-refractivity contribution in [1.29, 1.82) is 0 Å². The molecule has 34 heavy (non-hydrogen) atoms. The number of aryl methyl sites for hydroxylation is 1. The van der Waals surface area contributed by atoms with E-state index in [1.165, 1.54) is 18.2 Å². The Labute approximate surface area is 197 Å². The van der Waals surface area contributed by atoms with Crippen LogP contribution in [-0.4, -0.2) is 77.6 Å². The van der Waals surface area contributed by atoms with Crippen LogP contribution in [0.3, 0.4) is 0 Å². The second-order valence-electron chi connectivity index (χ2n) is 8.17. The molecule has 1 fully saturated rings. The van der Waals surface area contributed by atoms with Gasteiger partial charge in [-0.15, -0.1) is 0 Å². The van der Waals surface area contributed by atoms with E-state index in [0.29, 0.717) is 24.6 Å². The number of hydrogen-bond acceptors (Lipinski definition) is 6. The Morgan fingerprint density at radius 1 is 1.12 bits per heavy atom. The Hall–Kier alpha value is -3.56. The molecular formula is C25H28FN5O3. The van der Waals surface area contributed by atoms with Crippen molar-refractivity contribution in [3.05, 3.63) is 66.1 Å². The third-order valence-electron chi connectivity index (χ3n) is 5.88. The van der Waals surface area contributed by atoms with Crippen LogP contribution in [0, 0.1) is 5.82 Å². The minimum Gasteiger partial charge on any atom is -0.492 e. The second-order valence-corrected chi connectivity index (χ2v) is 8.17. The summed E-state index contributed by atoms with van der Waals surface area (Å²) in [5.74, 6) is -0.165. The van der Waals surface area contributed by atoms with Gasteiger partial charge in [-0.1, -0.05) is 6.07 Å². The lowest BCUT2D eigenvalue weighted by atomic mass is 10.1.